The highest BCUT2D eigenvalue weighted by Crippen LogP contribution is 2.50. The highest BCUT2D eigenvalue weighted by molar-refractivity contribution is 6.43. The molecule has 1 aliphatic heterocycles. The van der Waals surface area contributed by atoms with Crippen LogP contribution < -0.4 is 4.90 Å². The zero-order chi connectivity index (χ0) is 20.0. The van der Waals surface area contributed by atoms with Gasteiger partial charge in [-0.3, -0.25) is 9.59 Å². The molecule has 0 aliphatic carbocycles. The van der Waals surface area contributed by atoms with E-state index in [-0.39, 0.29) is 17.4 Å². The summed E-state index contributed by atoms with van der Waals surface area (Å²) in [6, 6.07) is -0.250. The first-order valence-electron chi connectivity index (χ1n) is 6.94. The molecule has 3 nitrogen and oxygen atoms in total. The Morgan fingerprint density at radius 1 is 1.08 bits per heavy atom. The number of amides is 2. The number of halogens is 8. The molecule has 1 heterocycles. The molecule has 2 amide bonds. The van der Waals surface area contributed by atoms with Crippen LogP contribution in [0.1, 0.15) is 24.0 Å². The molecule has 1 saturated heterocycles. The first kappa shape index (κ1) is 20.6. The van der Waals surface area contributed by atoms with Crippen molar-refractivity contribution in [3.63, 3.8) is 0 Å². The molecule has 0 bridgehead atoms. The lowest BCUT2D eigenvalue weighted by molar-refractivity contribution is -0.143. The lowest BCUT2D eigenvalue weighted by atomic mass is 10.0. The molecule has 1 aromatic carbocycles. The largest absolute Gasteiger partial charge is 0.417 e. The second-order valence-corrected chi connectivity index (χ2v) is 6.19. The molecule has 2 rings (SSSR count). The Morgan fingerprint density at radius 3 is 1.92 bits per heavy atom. The van der Waals surface area contributed by atoms with Crippen LogP contribution >= 0.6 is 23.2 Å². The second-order valence-electron chi connectivity index (χ2n) is 5.44. The minimum atomic E-state index is -5.26. The van der Waals surface area contributed by atoms with Crippen LogP contribution in [0, 0.1) is 5.92 Å². The van der Waals surface area contributed by atoms with Crippen LogP contribution in [0.2, 0.25) is 10.0 Å². The molecule has 0 spiro atoms. The number of imide groups is 1. The van der Waals surface area contributed by atoms with Crippen LogP contribution in [-0.4, -0.2) is 11.8 Å². The van der Waals surface area contributed by atoms with Crippen LogP contribution in [0.4, 0.5) is 32.0 Å². The number of nitrogens with zero attached hydrogens (tertiary/aromatic N) is 1. The molecule has 0 N–H and O–H groups in total. The maximum Gasteiger partial charge on any atom is 0.417 e. The van der Waals surface area contributed by atoms with Crippen LogP contribution in [0.15, 0.2) is 18.7 Å². The monoisotopic (exact) mass is 419 g/mol. The van der Waals surface area contributed by atoms with Crippen LogP contribution in [0.25, 0.3) is 0 Å². The van der Waals surface area contributed by atoms with E-state index >= 15 is 0 Å². The maximum atomic E-state index is 13.1. The highest BCUT2D eigenvalue weighted by Gasteiger charge is 2.46. The number of hydrogen-bond acceptors (Lipinski definition) is 2. The summed E-state index contributed by atoms with van der Waals surface area (Å²) < 4.78 is 78.7. The topological polar surface area (TPSA) is 37.4 Å². The van der Waals surface area contributed by atoms with Crippen molar-refractivity contribution in [1.82, 2.24) is 0 Å². The third kappa shape index (κ3) is 3.55. The van der Waals surface area contributed by atoms with Crippen molar-refractivity contribution in [2.75, 3.05) is 4.90 Å². The van der Waals surface area contributed by atoms with Crippen molar-refractivity contribution in [2.45, 2.75) is 25.2 Å². The van der Waals surface area contributed by atoms with Crippen molar-refractivity contribution in [3.05, 3.63) is 39.9 Å². The van der Waals surface area contributed by atoms with Gasteiger partial charge in [0.25, 0.3) is 0 Å². The number of rotatable bonds is 3. The summed E-state index contributed by atoms with van der Waals surface area (Å²) in [5.41, 5.74) is -4.81. The lowest BCUT2D eigenvalue weighted by Gasteiger charge is -2.23. The number of alkyl halides is 6. The first-order valence-corrected chi connectivity index (χ1v) is 7.70. The zero-order valence-corrected chi connectivity index (χ0v) is 14.2. The van der Waals surface area contributed by atoms with Crippen molar-refractivity contribution in [1.29, 1.82) is 0 Å². The van der Waals surface area contributed by atoms with Gasteiger partial charge in [0.2, 0.25) is 11.8 Å². The smallest absolute Gasteiger partial charge is 0.274 e. The lowest BCUT2D eigenvalue weighted by Crippen LogP contribution is -2.32. The molecule has 1 unspecified atom stereocenters. The van der Waals surface area contributed by atoms with Gasteiger partial charge in [0.15, 0.2) is 0 Å². The Bertz CT molecular complexity index is 750. The van der Waals surface area contributed by atoms with Crippen LogP contribution in [0.3, 0.4) is 0 Å². The van der Waals surface area contributed by atoms with Crippen LogP contribution in [0.5, 0.6) is 0 Å². The Morgan fingerprint density at radius 2 is 1.54 bits per heavy atom. The normalized spacial score (nSPS) is 18.6. The third-order valence-corrected chi connectivity index (χ3v) is 4.47. The van der Waals surface area contributed by atoms with Gasteiger partial charge >= 0.3 is 12.4 Å². The number of allylic oxidation sites excluding steroid dienone is 1. The minimum Gasteiger partial charge on any atom is -0.274 e. The van der Waals surface area contributed by atoms with Gasteiger partial charge in [0, 0.05) is 6.42 Å². The summed E-state index contributed by atoms with van der Waals surface area (Å²) in [6.45, 7) is 3.38. The van der Waals surface area contributed by atoms with Gasteiger partial charge in [-0.05, 0) is 12.5 Å². The summed E-state index contributed by atoms with van der Waals surface area (Å²) >= 11 is 11.2. The number of anilines is 1. The van der Waals surface area contributed by atoms with E-state index in [4.69, 9.17) is 23.2 Å². The standard InChI is InChI=1S/C15H9Cl2F6NO2/c1-2-3-6-4-9(25)24(13(6)26)12-10(16)7(14(18,19)20)5-8(11(12)17)15(21,22)23/h2,5-6H,1,3-4H2. The average Bonchev–Trinajstić information content (AvgIpc) is 2.73. The highest BCUT2D eigenvalue weighted by atomic mass is 35.5. The number of benzene rings is 1. The van der Waals surface area contributed by atoms with Crippen LogP contribution in [-0.2, 0) is 21.9 Å². The minimum absolute atomic E-state index is 0.0153. The van der Waals surface area contributed by atoms with Crippen molar-refractivity contribution >= 4 is 40.7 Å². The Kier molecular flexibility index (Phi) is 5.36. The number of carbonyl (C=O) groups excluding carboxylic acids is 2. The van der Waals surface area contributed by atoms with Crippen molar-refractivity contribution < 1.29 is 35.9 Å². The zero-order valence-electron chi connectivity index (χ0n) is 12.6. The van der Waals surface area contributed by atoms with Gasteiger partial charge < -0.3 is 0 Å². The first-order chi connectivity index (χ1) is 11.8. The molecule has 1 aliphatic rings. The van der Waals surface area contributed by atoms with E-state index in [9.17, 15) is 35.9 Å². The molecule has 26 heavy (non-hydrogen) atoms. The molecule has 0 aromatic heterocycles. The van der Waals surface area contributed by atoms with Gasteiger partial charge in [0.1, 0.15) is 0 Å². The molecule has 1 aromatic rings. The van der Waals surface area contributed by atoms with E-state index in [0.29, 0.717) is 0 Å². The third-order valence-electron chi connectivity index (χ3n) is 3.70. The second kappa shape index (κ2) is 6.77. The SMILES string of the molecule is C=CCC1CC(=O)N(c2c(Cl)c(C(F)(F)F)cc(C(F)(F)F)c2Cl)C1=O. The molecular formula is C15H9Cl2F6NO2. The maximum absolute atomic E-state index is 13.1. The quantitative estimate of drug-likeness (QED) is 0.369. The van der Waals surface area contributed by atoms with Gasteiger partial charge in [-0.15, -0.1) is 6.58 Å². The summed E-state index contributed by atoms with van der Waals surface area (Å²) in [6.07, 6.45) is -9.61. The van der Waals surface area contributed by atoms with E-state index < -0.39 is 63.4 Å². The van der Waals surface area contributed by atoms with E-state index in [1.54, 1.807) is 0 Å². The van der Waals surface area contributed by atoms with Gasteiger partial charge in [-0.2, -0.15) is 26.3 Å². The van der Waals surface area contributed by atoms with Gasteiger partial charge in [-0.1, -0.05) is 29.3 Å². The summed E-state index contributed by atoms with van der Waals surface area (Å²) in [7, 11) is 0. The van der Waals surface area contributed by atoms with E-state index in [1.165, 1.54) is 6.08 Å². The van der Waals surface area contributed by atoms with Gasteiger partial charge in [0.05, 0.1) is 32.8 Å². The molecule has 1 fully saturated rings. The summed E-state index contributed by atoms with van der Waals surface area (Å²) in [4.78, 5) is 24.6. The average molecular weight is 420 g/mol. The fourth-order valence-corrected chi connectivity index (χ4v) is 3.28. The van der Waals surface area contributed by atoms with E-state index in [1.807, 2.05) is 0 Å². The molecule has 0 radical (unpaired) electrons. The summed E-state index contributed by atoms with van der Waals surface area (Å²) in [5, 5.41) is -2.51. The molecule has 142 valence electrons. The van der Waals surface area contributed by atoms with E-state index in [2.05, 4.69) is 6.58 Å². The Labute approximate surface area is 153 Å². The number of carbonyl (C=O) groups is 2. The molecular weight excluding hydrogens is 411 g/mol. The molecule has 0 saturated carbocycles. The Balaban J connectivity index is 2.78. The Hall–Kier alpha value is -1.74. The van der Waals surface area contributed by atoms with Gasteiger partial charge in [-0.25, -0.2) is 4.90 Å². The van der Waals surface area contributed by atoms with Crippen molar-refractivity contribution in [3.8, 4) is 0 Å². The fraction of sp³-hybridized carbons (Fsp3) is 0.333. The predicted molar refractivity (Wildman–Crippen MR) is 81.9 cm³/mol. The number of hydrogen-bond donors (Lipinski definition) is 0. The summed E-state index contributed by atoms with van der Waals surface area (Å²) in [5.74, 6) is -2.96. The molecule has 1 atom stereocenters. The van der Waals surface area contributed by atoms with E-state index in [0.717, 1.165) is 0 Å². The predicted octanol–water partition coefficient (Wildman–Crippen LogP) is 5.49. The van der Waals surface area contributed by atoms with Crippen molar-refractivity contribution in [2.24, 2.45) is 5.92 Å². The molecule has 11 heteroatoms. The fourth-order valence-electron chi connectivity index (χ4n) is 2.55.